The highest BCUT2D eigenvalue weighted by Gasteiger charge is 2.04. The van der Waals surface area contributed by atoms with E-state index in [2.05, 4.69) is 10.3 Å². The number of carbonyl (C=O) groups excluding carboxylic acids is 1. The summed E-state index contributed by atoms with van der Waals surface area (Å²) in [6, 6.07) is 3.64. The molecule has 0 spiro atoms. The zero-order chi connectivity index (χ0) is 12.7. The monoisotopic (exact) mass is 254 g/mol. The van der Waals surface area contributed by atoms with Crippen LogP contribution in [0, 0.1) is 0 Å². The van der Waals surface area contributed by atoms with Crippen LogP contribution >= 0.6 is 11.8 Å². The van der Waals surface area contributed by atoms with Crippen LogP contribution < -0.4 is 5.32 Å². The summed E-state index contributed by atoms with van der Waals surface area (Å²) in [5.74, 6) is 0.437. The van der Waals surface area contributed by atoms with Crippen molar-refractivity contribution in [3.63, 3.8) is 0 Å². The van der Waals surface area contributed by atoms with E-state index in [1.54, 1.807) is 19.2 Å². The fourth-order valence-corrected chi connectivity index (χ4v) is 1.88. The summed E-state index contributed by atoms with van der Waals surface area (Å²) in [4.78, 5) is 16.4. The molecule has 17 heavy (non-hydrogen) atoms. The molecule has 1 aromatic heterocycles. The van der Waals surface area contributed by atoms with E-state index in [0.29, 0.717) is 11.4 Å². The number of hydrogen-bond acceptors (Lipinski definition) is 4. The Morgan fingerprint density at radius 2 is 2.35 bits per heavy atom. The molecule has 1 rings (SSSR count). The number of aliphatic hydroxyl groups is 1. The van der Waals surface area contributed by atoms with Gasteiger partial charge in [-0.25, -0.2) is 0 Å². The number of aliphatic hydroxyl groups excluding tert-OH is 1. The summed E-state index contributed by atoms with van der Waals surface area (Å²) in [6.07, 6.45) is 2.07. The number of nitrogens with one attached hydrogen (secondary N) is 1. The van der Waals surface area contributed by atoms with Gasteiger partial charge >= 0.3 is 0 Å². The lowest BCUT2D eigenvalue weighted by Crippen LogP contribution is -2.25. The highest BCUT2D eigenvalue weighted by molar-refractivity contribution is 8.00. The smallest absolute Gasteiger partial charge is 0.230 e. The number of aromatic nitrogens is 1. The van der Waals surface area contributed by atoms with Crippen molar-refractivity contribution < 1.29 is 9.90 Å². The normalized spacial score (nSPS) is 12.2. The van der Waals surface area contributed by atoms with E-state index >= 15 is 0 Å². The van der Waals surface area contributed by atoms with E-state index in [0.717, 1.165) is 17.9 Å². The second kappa shape index (κ2) is 7.29. The highest BCUT2D eigenvalue weighted by Crippen LogP contribution is 2.18. The maximum atomic E-state index is 11.4. The first-order valence-corrected chi connectivity index (χ1v) is 6.65. The number of rotatable bonds is 6. The summed E-state index contributed by atoms with van der Waals surface area (Å²) in [5, 5.41) is 12.1. The van der Waals surface area contributed by atoms with Crippen molar-refractivity contribution in [1.82, 2.24) is 10.3 Å². The second-order valence-electron chi connectivity index (χ2n) is 3.73. The second-order valence-corrected chi connectivity index (χ2v) is 4.78. The third-order valence-electron chi connectivity index (χ3n) is 2.13. The van der Waals surface area contributed by atoms with E-state index in [1.165, 1.54) is 11.8 Å². The molecule has 2 N–H and O–H groups in total. The van der Waals surface area contributed by atoms with Crippen LogP contribution in [0.4, 0.5) is 0 Å². The molecule has 1 atom stereocenters. The van der Waals surface area contributed by atoms with Gasteiger partial charge in [0.25, 0.3) is 0 Å². The van der Waals surface area contributed by atoms with Crippen LogP contribution in [0.1, 0.15) is 32.1 Å². The van der Waals surface area contributed by atoms with E-state index < -0.39 is 6.10 Å². The van der Waals surface area contributed by atoms with Crippen LogP contribution in [0.25, 0.3) is 0 Å². The van der Waals surface area contributed by atoms with Gasteiger partial charge in [0.15, 0.2) is 0 Å². The molecule has 94 valence electrons. The van der Waals surface area contributed by atoms with Crippen molar-refractivity contribution in [2.45, 2.75) is 31.3 Å². The number of hydrogen-bond donors (Lipinski definition) is 2. The fourth-order valence-electron chi connectivity index (χ4n) is 1.19. The predicted octanol–water partition coefficient (Wildman–Crippen LogP) is 1.75. The van der Waals surface area contributed by atoms with E-state index in [-0.39, 0.29) is 5.91 Å². The van der Waals surface area contributed by atoms with Gasteiger partial charge in [0.05, 0.1) is 17.6 Å². The average Bonchev–Trinajstić information content (AvgIpc) is 2.34. The molecule has 1 aromatic rings. The molecule has 0 aromatic carbocycles. The third kappa shape index (κ3) is 5.19. The quantitative estimate of drug-likeness (QED) is 0.759. The molecular formula is C12H18N2O2S. The molecule has 1 amide bonds. The van der Waals surface area contributed by atoms with E-state index in [1.807, 2.05) is 13.0 Å². The van der Waals surface area contributed by atoms with E-state index in [9.17, 15) is 9.90 Å². The lowest BCUT2D eigenvalue weighted by Gasteiger charge is -2.05. The van der Waals surface area contributed by atoms with E-state index in [4.69, 9.17) is 0 Å². The molecule has 5 heteroatoms. The topological polar surface area (TPSA) is 62.2 Å². The standard InChI is InChI=1S/C12H18N2O2S/c1-3-6-13-12(16)8-17-10-4-5-11(9(2)15)14-7-10/h4-5,7,9,15H,3,6,8H2,1-2H3,(H,13,16). The van der Waals surface area contributed by atoms with Crippen molar-refractivity contribution in [1.29, 1.82) is 0 Å². The Balaban J connectivity index is 2.39. The fraction of sp³-hybridized carbons (Fsp3) is 0.500. The minimum absolute atomic E-state index is 0.0384. The van der Waals surface area contributed by atoms with Gasteiger partial charge in [0.1, 0.15) is 0 Å². The number of pyridine rings is 1. The largest absolute Gasteiger partial charge is 0.387 e. The zero-order valence-corrected chi connectivity index (χ0v) is 11.0. The van der Waals surface area contributed by atoms with Crippen molar-refractivity contribution >= 4 is 17.7 Å². The molecule has 0 saturated carbocycles. The summed E-state index contributed by atoms with van der Waals surface area (Å²) in [5.41, 5.74) is 0.643. The predicted molar refractivity (Wildman–Crippen MR) is 68.9 cm³/mol. The molecule has 1 unspecified atom stereocenters. The Bertz CT molecular complexity index is 352. The van der Waals surface area contributed by atoms with Gasteiger partial charge in [0, 0.05) is 17.6 Å². The highest BCUT2D eigenvalue weighted by atomic mass is 32.2. The summed E-state index contributed by atoms with van der Waals surface area (Å²) in [6.45, 7) is 4.41. The third-order valence-corrected chi connectivity index (χ3v) is 3.11. The molecule has 4 nitrogen and oxygen atoms in total. The molecule has 0 bridgehead atoms. The summed E-state index contributed by atoms with van der Waals surface area (Å²) in [7, 11) is 0. The minimum atomic E-state index is -0.554. The van der Waals surface area contributed by atoms with Crippen molar-refractivity contribution in [3.05, 3.63) is 24.0 Å². The molecule has 0 aliphatic rings. The van der Waals surface area contributed by atoms with Gasteiger partial charge < -0.3 is 10.4 Å². The van der Waals surface area contributed by atoms with Crippen LogP contribution in [0.2, 0.25) is 0 Å². The Kier molecular flexibility index (Phi) is 6.00. The maximum Gasteiger partial charge on any atom is 0.230 e. The first-order valence-electron chi connectivity index (χ1n) is 5.67. The molecule has 0 saturated heterocycles. The van der Waals surface area contributed by atoms with Crippen LogP contribution in [0.5, 0.6) is 0 Å². The number of amides is 1. The van der Waals surface area contributed by atoms with Crippen molar-refractivity contribution in [2.24, 2.45) is 0 Å². The molecular weight excluding hydrogens is 236 g/mol. The number of carbonyl (C=O) groups is 1. The molecule has 0 aliphatic carbocycles. The van der Waals surface area contributed by atoms with Crippen LogP contribution in [-0.2, 0) is 4.79 Å². The van der Waals surface area contributed by atoms with Crippen LogP contribution in [-0.4, -0.2) is 28.3 Å². The maximum absolute atomic E-state index is 11.4. The molecule has 0 radical (unpaired) electrons. The van der Waals surface area contributed by atoms with Gasteiger partial charge in [-0.15, -0.1) is 11.8 Å². The summed E-state index contributed by atoms with van der Waals surface area (Å²) >= 11 is 1.44. The lowest BCUT2D eigenvalue weighted by atomic mass is 10.2. The van der Waals surface area contributed by atoms with Gasteiger partial charge in [-0.2, -0.15) is 0 Å². The average molecular weight is 254 g/mol. The zero-order valence-electron chi connectivity index (χ0n) is 10.1. The molecule has 0 aliphatic heterocycles. The Hall–Kier alpha value is -1.07. The van der Waals surface area contributed by atoms with Crippen LogP contribution in [0.15, 0.2) is 23.2 Å². The van der Waals surface area contributed by atoms with Crippen LogP contribution in [0.3, 0.4) is 0 Å². The summed E-state index contributed by atoms with van der Waals surface area (Å²) < 4.78 is 0. The number of thioether (sulfide) groups is 1. The molecule has 1 heterocycles. The van der Waals surface area contributed by atoms with Gasteiger partial charge in [-0.05, 0) is 25.5 Å². The first-order chi connectivity index (χ1) is 8.13. The SMILES string of the molecule is CCCNC(=O)CSc1ccc(C(C)O)nc1. The van der Waals surface area contributed by atoms with Crippen molar-refractivity contribution in [2.75, 3.05) is 12.3 Å². The van der Waals surface area contributed by atoms with Gasteiger partial charge in [-0.1, -0.05) is 6.92 Å². The Morgan fingerprint density at radius 3 is 2.88 bits per heavy atom. The lowest BCUT2D eigenvalue weighted by molar-refractivity contribution is -0.118. The molecule has 0 fully saturated rings. The van der Waals surface area contributed by atoms with Crippen molar-refractivity contribution in [3.8, 4) is 0 Å². The Labute approximate surface area is 106 Å². The first kappa shape index (κ1) is 14.0. The van der Waals surface area contributed by atoms with Gasteiger partial charge in [0.2, 0.25) is 5.91 Å². The minimum Gasteiger partial charge on any atom is -0.387 e. The van der Waals surface area contributed by atoms with Gasteiger partial charge in [-0.3, -0.25) is 9.78 Å². The Morgan fingerprint density at radius 1 is 1.59 bits per heavy atom. The number of nitrogens with zero attached hydrogens (tertiary/aromatic N) is 1.